The van der Waals surface area contributed by atoms with Gasteiger partial charge in [0, 0.05) is 94.4 Å². The molecular formula is C38H53N9O7S3. The van der Waals surface area contributed by atoms with Crippen molar-refractivity contribution in [3.8, 4) is 0 Å². The number of esters is 1. The van der Waals surface area contributed by atoms with Gasteiger partial charge in [0.25, 0.3) is 0 Å². The van der Waals surface area contributed by atoms with E-state index in [0.29, 0.717) is 73.8 Å². The minimum absolute atomic E-state index is 0.208. The topological polar surface area (TPSA) is 177 Å². The molecule has 1 N–H and O–H groups in total. The number of β-amino-alcohol motifs (C(OH)–C–C–N with tert-alkyl or cyclic N) is 1. The summed E-state index contributed by atoms with van der Waals surface area (Å²) in [5, 5.41) is 11.3. The number of carbonyl (C=O) groups is 1. The summed E-state index contributed by atoms with van der Waals surface area (Å²) in [7, 11) is -2.08. The lowest BCUT2D eigenvalue weighted by Gasteiger charge is -2.40. The highest BCUT2D eigenvalue weighted by Gasteiger charge is 2.38. The first kappa shape index (κ1) is 40.4. The Hall–Kier alpha value is -3.36. The second kappa shape index (κ2) is 18.3. The van der Waals surface area contributed by atoms with E-state index in [1.807, 2.05) is 9.80 Å². The minimum Gasteiger partial charge on any atom is -0.454 e. The molecule has 0 spiro atoms. The van der Waals surface area contributed by atoms with E-state index in [-0.39, 0.29) is 12.2 Å². The van der Waals surface area contributed by atoms with Gasteiger partial charge in [-0.15, -0.1) is 11.3 Å². The maximum Gasteiger partial charge on any atom is 0.358 e. The summed E-state index contributed by atoms with van der Waals surface area (Å²) < 4.78 is 42.1. The van der Waals surface area contributed by atoms with Crippen LogP contribution in [0.15, 0.2) is 20.7 Å². The molecule has 0 radical (unpaired) electrons. The van der Waals surface area contributed by atoms with Crippen LogP contribution in [0, 0.1) is 0 Å². The highest BCUT2D eigenvalue weighted by atomic mass is 32.2. The van der Waals surface area contributed by atoms with Gasteiger partial charge in [-0.1, -0.05) is 13.8 Å². The summed E-state index contributed by atoms with van der Waals surface area (Å²) in [6, 6.07) is 0.705. The van der Waals surface area contributed by atoms with Crippen LogP contribution in [0.4, 0.5) is 23.5 Å². The number of aliphatic hydroxyl groups is 1. The fourth-order valence-corrected chi connectivity index (χ4v) is 11.5. The van der Waals surface area contributed by atoms with Gasteiger partial charge in [0.2, 0.25) is 11.9 Å². The van der Waals surface area contributed by atoms with Crippen LogP contribution in [-0.4, -0.2) is 146 Å². The number of aryl methyl sites for hydroxylation is 2. The molecule has 16 nitrogen and oxygen atoms in total. The third-order valence-electron chi connectivity index (χ3n) is 11.2. The van der Waals surface area contributed by atoms with E-state index in [4.69, 9.17) is 29.2 Å². The minimum atomic E-state index is -1.07. The van der Waals surface area contributed by atoms with Crippen LogP contribution in [0.25, 0.3) is 0 Å². The number of aliphatic hydroxyl groups excluding tert-OH is 1. The quantitative estimate of drug-likeness (QED) is 0.263. The van der Waals surface area contributed by atoms with E-state index < -0.39 is 27.6 Å². The normalized spacial score (nSPS) is 22.6. The van der Waals surface area contributed by atoms with E-state index in [0.717, 1.165) is 117 Å². The number of anilines is 4. The van der Waals surface area contributed by atoms with Gasteiger partial charge in [-0.2, -0.15) is 9.97 Å². The molecule has 19 heteroatoms. The number of hydrogen-bond acceptors (Lipinski definition) is 17. The number of rotatable bonds is 12. The first-order valence-electron chi connectivity index (χ1n) is 20.4. The Bertz CT molecular complexity index is 1920. The molecule has 0 amide bonds. The van der Waals surface area contributed by atoms with Crippen molar-refractivity contribution >= 4 is 62.4 Å². The highest BCUT2D eigenvalue weighted by Crippen LogP contribution is 2.37. The number of carbonyl (C=O) groups excluding carboxylic acids is 1. The van der Waals surface area contributed by atoms with Gasteiger partial charge < -0.3 is 38.9 Å². The average molecular weight is 844 g/mol. The fourth-order valence-electron chi connectivity index (χ4n) is 8.22. The monoisotopic (exact) mass is 843 g/mol. The van der Waals surface area contributed by atoms with Gasteiger partial charge in [0.1, 0.15) is 15.9 Å². The van der Waals surface area contributed by atoms with Crippen molar-refractivity contribution in [3.63, 3.8) is 0 Å². The van der Waals surface area contributed by atoms with E-state index >= 15 is 0 Å². The number of thiazole rings is 1. The SMILES string of the molecule is CCCN(c1nc(N2CC(O)C2)nc2c1S(=O)CC2)C1CCOCC1.CCCN(c1nc(N2CC(OC(=O)c3cscn3)C2)nc2c1S(=O)CC2)C1CCOCC1. The van der Waals surface area contributed by atoms with Crippen LogP contribution in [0.3, 0.4) is 0 Å². The highest BCUT2D eigenvalue weighted by molar-refractivity contribution is 7.85. The molecule has 0 aliphatic carbocycles. The van der Waals surface area contributed by atoms with Gasteiger partial charge in [-0.25, -0.2) is 19.7 Å². The summed E-state index contributed by atoms with van der Waals surface area (Å²) in [6.07, 6.45) is 6.78. The van der Waals surface area contributed by atoms with Crippen LogP contribution < -0.4 is 19.6 Å². The lowest BCUT2D eigenvalue weighted by molar-refractivity contribution is 0.0225. The van der Waals surface area contributed by atoms with E-state index in [9.17, 15) is 18.3 Å². The van der Waals surface area contributed by atoms with Crippen LogP contribution in [0.1, 0.15) is 74.2 Å². The third-order valence-corrected chi connectivity index (χ3v) is 14.7. The van der Waals surface area contributed by atoms with E-state index in [1.165, 1.54) is 11.3 Å². The standard InChI is InChI=1S/C21H27N5O4S2.C17H26N4O3S/c1-2-6-26(14-3-7-29-8-4-14)19-18-16(5-9-32(18)28)23-21(24-19)25-10-15(11-25)30-20(27)17-12-31-13-22-17;1-2-6-21(12-3-7-24-8-4-12)16-15-14(5-9-25(15)23)18-17(19-16)20-10-13(22)11-20/h12-15H,2-11H2,1H3;12-13,22H,2-11H2,1H3. The maximum absolute atomic E-state index is 12.8. The van der Waals surface area contributed by atoms with Gasteiger partial charge >= 0.3 is 5.97 Å². The van der Waals surface area contributed by atoms with Crippen LogP contribution >= 0.6 is 11.3 Å². The maximum atomic E-state index is 12.8. The molecule has 9 heterocycles. The zero-order valence-corrected chi connectivity index (χ0v) is 35.2. The molecule has 3 aromatic heterocycles. The molecule has 310 valence electrons. The van der Waals surface area contributed by atoms with E-state index in [2.05, 4.69) is 33.6 Å². The summed E-state index contributed by atoms with van der Waals surface area (Å²) >= 11 is 1.37. The molecule has 6 aliphatic rings. The Balaban J connectivity index is 0.000000165. The summed E-state index contributed by atoms with van der Waals surface area (Å²) in [4.78, 5) is 45.7. The zero-order chi connectivity index (χ0) is 39.5. The van der Waals surface area contributed by atoms with E-state index in [1.54, 1.807) is 10.9 Å². The number of hydrogen-bond donors (Lipinski definition) is 1. The molecule has 4 fully saturated rings. The molecule has 4 saturated heterocycles. The predicted molar refractivity (Wildman–Crippen MR) is 219 cm³/mol. The summed E-state index contributed by atoms with van der Waals surface area (Å²) in [5.41, 5.74) is 3.78. The molecule has 9 rings (SSSR count). The number of aromatic nitrogens is 5. The smallest absolute Gasteiger partial charge is 0.358 e. The van der Waals surface area contributed by atoms with Crippen molar-refractivity contribution in [1.29, 1.82) is 0 Å². The molecule has 6 aliphatic heterocycles. The van der Waals surface area contributed by atoms with Crippen molar-refractivity contribution in [2.45, 2.75) is 99.3 Å². The average Bonchev–Trinajstić information content (AvgIpc) is 3.97. The molecule has 3 aromatic rings. The van der Waals surface area contributed by atoms with Crippen molar-refractivity contribution in [3.05, 3.63) is 28.0 Å². The number of nitrogens with zero attached hydrogens (tertiary/aromatic N) is 9. The Kier molecular flexibility index (Phi) is 13.0. The van der Waals surface area contributed by atoms with Crippen molar-refractivity contribution in [1.82, 2.24) is 24.9 Å². The molecule has 0 saturated carbocycles. The number of fused-ring (bicyclic) bond motifs is 2. The van der Waals surface area contributed by atoms with Gasteiger partial charge in [0.05, 0.1) is 57.7 Å². The van der Waals surface area contributed by atoms with Gasteiger partial charge in [-0.3, -0.25) is 8.42 Å². The van der Waals surface area contributed by atoms with Gasteiger partial charge in [-0.05, 0) is 38.5 Å². The fraction of sp³-hybridized carbons (Fsp3) is 0.684. The molecule has 0 aromatic carbocycles. The largest absolute Gasteiger partial charge is 0.454 e. The zero-order valence-electron chi connectivity index (χ0n) is 32.8. The Labute approximate surface area is 342 Å². The van der Waals surface area contributed by atoms with Crippen LogP contribution in [0.2, 0.25) is 0 Å². The third kappa shape index (κ3) is 8.83. The Morgan fingerprint density at radius 3 is 1.74 bits per heavy atom. The Morgan fingerprint density at radius 1 is 0.807 bits per heavy atom. The van der Waals surface area contributed by atoms with Gasteiger partial charge in [0.15, 0.2) is 17.3 Å². The Morgan fingerprint density at radius 2 is 1.30 bits per heavy atom. The van der Waals surface area contributed by atoms with Crippen LogP contribution in [-0.2, 0) is 48.7 Å². The molecule has 2 atom stereocenters. The number of ether oxygens (including phenoxy) is 3. The summed E-state index contributed by atoms with van der Waals surface area (Å²) in [6.45, 7) is 11.3. The van der Waals surface area contributed by atoms with Crippen molar-refractivity contribution in [2.75, 3.05) is 96.8 Å². The van der Waals surface area contributed by atoms with Crippen molar-refractivity contribution in [2.24, 2.45) is 0 Å². The molecular weight excluding hydrogens is 791 g/mol. The first-order valence-corrected chi connectivity index (χ1v) is 23.9. The first-order chi connectivity index (χ1) is 27.8. The molecule has 57 heavy (non-hydrogen) atoms. The second-order valence-corrected chi connectivity index (χ2v) is 19.0. The predicted octanol–water partition coefficient (Wildman–Crippen LogP) is 2.75. The lowest BCUT2D eigenvalue weighted by atomic mass is 10.1. The molecule has 2 unspecified atom stereocenters. The van der Waals surface area contributed by atoms with Crippen molar-refractivity contribution < 1.29 is 32.5 Å². The molecule has 0 bridgehead atoms. The second-order valence-electron chi connectivity index (χ2n) is 15.3. The van der Waals surface area contributed by atoms with Crippen LogP contribution in [0.5, 0.6) is 0 Å². The lowest BCUT2D eigenvalue weighted by Crippen LogP contribution is -2.54. The summed E-state index contributed by atoms with van der Waals surface area (Å²) in [5.74, 6) is 3.82.